The van der Waals surface area contributed by atoms with E-state index in [1.165, 1.54) is 0 Å². The molecule has 0 aromatic heterocycles. The summed E-state index contributed by atoms with van der Waals surface area (Å²) in [6, 6.07) is 0.394. The average molecular weight is 186 g/mol. The fraction of sp³-hybridized carbons (Fsp3) is 0.900. The Morgan fingerprint density at radius 3 is 2.31 bits per heavy atom. The number of nitrogens with two attached hydrogens (primary N) is 1. The van der Waals surface area contributed by atoms with Crippen LogP contribution < -0.4 is 5.73 Å². The molecular formula is C10H22N2O. The fourth-order valence-electron chi connectivity index (χ4n) is 1.47. The SMILES string of the molecule is CCC(CC)N(C)C(=O)CCCN. The molecule has 78 valence electrons. The van der Waals surface area contributed by atoms with Gasteiger partial charge < -0.3 is 10.6 Å². The molecule has 0 aliphatic carbocycles. The van der Waals surface area contributed by atoms with E-state index in [1.807, 2.05) is 11.9 Å². The van der Waals surface area contributed by atoms with E-state index in [4.69, 9.17) is 5.73 Å². The highest BCUT2D eigenvalue weighted by Gasteiger charge is 2.15. The molecule has 0 unspecified atom stereocenters. The van der Waals surface area contributed by atoms with Gasteiger partial charge in [-0.15, -0.1) is 0 Å². The van der Waals surface area contributed by atoms with E-state index in [0.717, 1.165) is 19.3 Å². The minimum absolute atomic E-state index is 0.221. The van der Waals surface area contributed by atoms with Crippen LogP contribution in [0, 0.1) is 0 Å². The zero-order valence-electron chi connectivity index (χ0n) is 9.05. The number of amides is 1. The van der Waals surface area contributed by atoms with Crippen molar-refractivity contribution in [1.29, 1.82) is 0 Å². The quantitative estimate of drug-likeness (QED) is 0.681. The number of rotatable bonds is 6. The lowest BCUT2D eigenvalue weighted by Gasteiger charge is -2.26. The molecule has 0 radical (unpaired) electrons. The van der Waals surface area contributed by atoms with E-state index < -0.39 is 0 Å². The maximum atomic E-state index is 11.5. The Kier molecular flexibility index (Phi) is 6.59. The highest BCUT2D eigenvalue weighted by molar-refractivity contribution is 5.76. The molecule has 0 aromatic rings. The largest absolute Gasteiger partial charge is 0.343 e. The minimum atomic E-state index is 0.221. The van der Waals surface area contributed by atoms with Gasteiger partial charge in [-0.3, -0.25) is 4.79 Å². The summed E-state index contributed by atoms with van der Waals surface area (Å²) in [5.41, 5.74) is 5.35. The van der Waals surface area contributed by atoms with Crippen molar-refractivity contribution in [3.8, 4) is 0 Å². The van der Waals surface area contributed by atoms with Gasteiger partial charge in [-0.25, -0.2) is 0 Å². The fourth-order valence-corrected chi connectivity index (χ4v) is 1.47. The Hall–Kier alpha value is -0.570. The lowest BCUT2D eigenvalue weighted by Crippen LogP contribution is -2.36. The first-order valence-electron chi connectivity index (χ1n) is 5.13. The smallest absolute Gasteiger partial charge is 0.222 e. The number of carbonyl (C=O) groups is 1. The molecule has 1 amide bonds. The van der Waals surface area contributed by atoms with Crippen molar-refractivity contribution in [2.45, 2.75) is 45.6 Å². The van der Waals surface area contributed by atoms with Gasteiger partial charge in [0.15, 0.2) is 0 Å². The predicted molar refractivity (Wildman–Crippen MR) is 55.4 cm³/mol. The van der Waals surface area contributed by atoms with E-state index in [0.29, 0.717) is 19.0 Å². The third kappa shape index (κ3) is 4.27. The average Bonchev–Trinajstić information content (AvgIpc) is 2.15. The standard InChI is InChI=1S/C10H22N2O/c1-4-9(5-2)12(3)10(13)7-6-8-11/h9H,4-8,11H2,1-3H3. The van der Waals surface area contributed by atoms with Crippen LogP contribution in [0.5, 0.6) is 0 Å². The van der Waals surface area contributed by atoms with Crippen LogP contribution in [0.4, 0.5) is 0 Å². The molecule has 0 saturated heterocycles. The van der Waals surface area contributed by atoms with E-state index >= 15 is 0 Å². The van der Waals surface area contributed by atoms with Crippen LogP contribution >= 0.6 is 0 Å². The number of nitrogens with zero attached hydrogens (tertiary/aromatic N) is 1. The summed E-state index contributed by atoms with van der Waals surface area (Å²) in [7, 11) is 1.89. The van der Waals surface area contributed by atoms with Crippen LogP contribution in [0.2, 0.25) is 0 Å². The highest BCUT2D eigenvalue weighted by atomic mass is 16.2. The maximum absolute atomic E-state index is 11.5. The van der Waals surface area contributed by atoms with Gasteiger partial charge >= 0.3 is 0 Å². The number of carbonyl (C=O) groups excluding carboxylic acids is 1. The summed E-state index contributed by atoms with van der Waals surface area (Å²) in [4.78, 5) is 13.4. The lowest BCUT2D eigenvalue weighted by molar-refractivity contribution is -0.132. The summed E-state index contributed by atoms with van der Waals surface area (Å²) in [6.07, 6.45) is 3.44. The van der Waals surface area contributed by atoms with Gasteiger partial charge in [-0.2, -0.15) is 0 Å². The van der Waals surface area contributed by atoms with Crippen LogP contribution in [0.3, 0.4) is 0 Å². The second-order valence-electron chi connectivity index (χ2n) is 3.37. The van der Waals surface area contributed by atoms with Crippen LogP contribution in [0.1, 0.15) is 39.5 Å². The molecule has 0 aromatic carbocycles. The topological polar surface area (TPSA) is 46.3 Å². The molecule has 13 heavy (non-hydrogen) atoms. The molecule has 0 fully saturated rings. The van der Waals surface area contributed by atoms with E-state index in [2.05, 4.69) is 13.8 Å². The first-order valence-corrected chi connectivity index (χ1v) is 5.13. The Morgan fingerprint density at radius 2 is 1.92 bits per heavy atom. The second kappa shape index (κ2) is 6.89. The van der Waals surface area contributed by atoms with Gasteiger partial charge in [0.2, 0.25) is 5.91 Å². The molecule has 0 atom stereocenters. The van der Waals surface area contributed by atoms with Crippen molar-refractivity contribution < 1.29 is 4.79 Å². The molecule has 0 aliphatic heterocycles. The Morgan fingerprint density at radius 1 is 1.38 bits per heavy atom. The van der Waals surface area contributed by atoms with Crippen molar-refractivity contribution in [1.82, 2.24) is 4.90 Å². The summed E-state index contributed by atoms with van der Waals surface area (Å²) < 4.78 is 0. The van der Waals surface area contributed by atoms with Gasteiger partial charge in [0.05, 0.1) is 0 Å². The van der Waals surface area contributed by atoms with E-state index in [9.17, 15) is 4.79 Å². The van der Waals surface area contributed by atoms with Crippen molar-refractivity contribution in [2.24, 2.45) is 5.73 Å². The predicted octanol–water partition coefficient (Wildman–Crippen LogP) is 1.37. The van der Waals surface area contributed by atoms with Gasteiger partial charge in [0, 0.05) is 19.5 Å². The Bertz CT molecular complexity index is 144. The van der Waals surface area contributed by atoms with Crippen molar-refractivity contribution >= 4 is 5.91 Å². The minimum Gasteiger partial charge on any atom is -0.343 e. The Balaban J connectivity index is 3.91. The zero-order chi connectivity index (χ0) is 10.3. The number of hydrogen-bond acceptors (Lipinski definition) is 2. The molecule has 0 heterocycles. The summed E-state index contributed by atoms with van der Waals surface area (Å²) >= 11 is 0. The third-order valence-corrected chi connectivity index (χ3v) is 2.48. The molecule has 2 N–H and O–H groups in total. The second-order valence-corrected chi connectivity index (χ2v) is 3.37. The highest BCUT2D eigenvalue weighted by Crippen LogP contribution is 2.08. The van der Waals surface area contributed by atoms with Crippen LogP contribution in [0.15, 0.2) is 0 Å². The molecule has 0 aliphatic rings. The van der Waals surface area contributed by atoms with Gasteiger partial charge in [-0.05, 0) is 25.8 Å². The molecule has 0 bridgehead atoms. The van der Waals surface area contributed by atoms with Crippen molar-refractivity contribution in [2.75, 3.05) is 13.6 Å². The first-order chi connectivity index (χ1) is 6.17. The van der Waals surface area contributed by atoms with Crippen LogP contribution in [0.25, 0.3) is 0 Å². The van der Waals surface area contributed by atoms with E-state index in [-0.39, 0.29) is 5.91 Å². The lowest BCUT2D eigenvalue weighted by atomic mass is 10.1. The van der Waals surface area contributed by atoms with E-state index in [1.54, 1.807) is 0 Å². The third-order valence-electron chi connectivity index (χ3n) is 2.48. The van der Waals surface area contributed by atoms with Crippen molar-refractivity contribution in [3.63, 3.8) is 0 Å². The van der Waals surface area contributed by atoms with Crippen molar-refractivity contribution in [3.05, 3.63) is 0 Å². The number of hydrogen-bond donors (Lipinski definition) is 1. The monoisotopic (exact) mass is 186 g/mol. The maximum Gasteiger partial charge on any atom is 0.222 e. The van der Waals surface area contributed by atoms with Gasteiger partial charge in [0.25, 0.3) is 0 Å². The van der Waals surface area contributed by atoms with Crippen LogP contribution in [-0.4, -0.2) is 30.4 Å². The molecule has 3 nitrogen and oxygen atoms in total. The molecule has 0 rings (SSSR count). The molecule has 3 heteroatoms. The molecule has 0 spiro atoms. The summed E-state index contributed by atoms with van der Waals surface area (Å²) in [6.45, 7) is 4.82. The molecule has 0 saturated carbocycles. The van der Waals surface area contributed by atoms with Gasteiger partial charge in [-0.1, -0.05) is 13.8 Å². The normalized spacial score (nSPS) is 10.5. The molecular weight excluding hydrogens is 164 g/mol. The zero-order valence-corrected chi connectivity index (χ0v) is 9.05. The van der Waals surface area contributed by atoms with Crippen LogP contribution in [-0.2, 0) is 4.79 Å². The van der Waals surface area contributed by atoms with Gasteiger partial charge in [0.1, 0.15) is 0 Å². The first kappa shape index (κ1) is 12.4. The Labute approximate surface area is 81.3 Å². The summed E-state index contributed by atoms with van der Waals surface area (Å²) in [5, 5.41) is 0. The summed E-state index contributed by atoms with van der Waals surface area (Å²) in [5.74, 6) is 0.221.